The van der Waals surface area contributed by atoms with Crippen LogP contribution in [0.2, 0.25) is 0 Å². The van der Waals surface area contributed by atoms with Crippen LogP contribution in [0.15, 0.2) is 12.3 Å². The standard InChI is InChI=1S/C12H13N5O2/c1-3-5-8(10(18)19-4-2)9-6-7-14-12-15-11(13)16-17(9)12/h1,6-8H,4-5H2,2H3,(H2,13,16)/t8-/m1/s1. The van der Waals surface area contributed by atoms with Gasteiger partial charge in [-0.2, -0.15) is 9.50 Å². The fourth-order valence-corrected chi connectivity index (χ4v) is 1.76. The molecular formula is C12H13N5O2. The number of rotatable bonds is 4. The summed E-state index contributed by atoms with van der Waals surface area (Å²) < 4.78 is 6.43. The summed E-state index contributed by atoms with van der Waals surface area (Å²) in [5.41, 5.74) is 6.09. The molecule has 98 valence electrons. The van der Waals surface area contributed by atoms with Gasteiger partial charge in [-0.3, -0.25) is 4.79 Å². The van der Waals surface area contributed by atoms with E-state index in [0.29, 0.717) is 11.5 Å². The Hall–Kier alpha value is -2.62. The Kier molecular flexibility index (Phi) is 3.61. The number of fused-ring (bicyclic) bond motifs is 1. The molecule has 2 rings (SSSR count). The van der Waals surface area contributed by atoms with Crippen molar-refractivity contribution < 1.29 is 9.53 Å². The summed E-state index contributed by atoms with van der Waals surface area (Å²) in [6, 6.07) is 1.65. The van der Waals surface area contributed by atoms with Gasteiger partial charge in [-0.15, -0.1) is 17.4 Å². The Morgan fingerprint density at radius 1 is 1.68 bits per heavy atom. The average Bonchev–Trinajstić information content (AvgIpc) is 2.76. The highest BCUT2D eigenvalue weighted by Crippen LogP contribution is 2.21. The zero-order chi connectivity index (χ0) is 13.8. The highest BCUT2D eigenvalue weighted by Gasteiger charge is 2.24. The molecule has 19 heavy (non-hydrogen) atoms. The van der Waals surface area contributed by atoms with Crippen molar-refractivity contribution in [3.63, 3.8) is 0 Å². The van der Waals surface area contributed by atoms with Crippen LogP contribution in [0.1, 0.15) is 25.0 Å². The maximum absolute atomic E-state index is 12.0. The van der Waals surface area contributed by atoms with Gasteiger partial charge in [-0.25, -0.2) is 4.98 Å². The summed E-state index contributed by atoms with van der Waals surface area (Å²) in [5.74, 6) is 1.85. The molecule has 2 aromatic heterocycles. The van der Waals surface area contributed by atoms with E-state index in [-0.39, 0.29) is 19.0 Å². The van der Waals surface area contributed by atoms with Gasteiger partial charge in [0.15, 0.2) is 0 Å². The van der Waals surface area contributed by atoms with Crippen LogP contribution >= 0.6 is 0 Å². The minimum Gasteiger partial charge on any atom is -0.465 e. The van der Waals surface area contributed by atoms with Gasteiger partial charge >= 0.3 is 5.97 Å². The van der Waals surface area contributed by atoms with E-state index >= 15 is 0 Å². The Labute approximate surface area is 109 Å². The van der Waals surface area contributed by atoms with Gasteiger partial charge in [-0.1, -0.05) is 0 Å². The Morgan fingerprint density at radius 3 is 3.16 bits per heavy atom. The molecule has 0 radical (unpaired) electrons. The number of anilines is 1. The SMILES string of the molecule is C#CC[C@@H](C(=O)OCC)c1ccnc2nc(N)nn12. The van der Waals surface area contributed by atoms with Crippen LogP contribution in [-0.4, -0.2) is 32.2 Å². The number of ether oxygens (including phenoxy) is 1. The van der Waals surface area contributed by atoms with Crippen molar-refractivity contribution in [3.05, 3.63) is 18.0 Å². The van der Waals surface area contributed by atoms with Crippen molar-refractivity contribution in [3.8, 4) is 12.3 Å². The molecule has 0 unspecified atom stereocenters. The van der Waals surface area contributed by atoms with E-state index in [9.17, 15) is 4.79 Å². The largest absolute Gasteiger partial charge is 0.465 e. The first-order chi connectivity index (χ1) is 9.17. The molecule has 0 amide bonds. The molecule has 0 spiro atoms. The smallest absolute Gasteiger partial charge is 0.316 e. The number of aromatic nitrogens is 4. The summed E-state index contributed by atoms with van der Waals surface area (Å²) in [4.78, 5) is 19.9. The maximum Gasteiger partial charge on any atom is 0.316 e. The number of carbonyl (C=O) groups is 1. The van der Waals surface area contributed by atoms with Crippen LogP contribution in [-0.2, 0) is 9.53 Å². The lowest BCUT2D eigenvalue weighted by Gasteiger charge is -2.13. The normalized spacial score (nSPS) is 12.0. The van der Waals surface area contributed by atoms with Gasteiger partial charge in [0.2, 0.25) is 5.95 Å². The van der Waals surface area contributed by atoms with Crippen LogP contribution in [0.4, 0.5) is 5.95 Å². The van der Waals surface area contributed by atoms with Crippen LogP contribution in [0.5, 0.6) is 0 Å². The molecule has 2 N–H and O–H groups in total. The molecule has 0 saturated carbocycles. The predicted octanol–water partition coefficient (Wildman–Crippen LogP) is 0.376. The number of nitrogens with two attached hydrogens (primary N) is 1. The second-order valence-corrected chi connectivity index (χ2v) is 3.76. The van der Waals surface area contributed by atoms with Gasteiger partial charge < -0.3 is 10.5 Å². The predicted molar refractivity (Wildman–Crippen MR) is 68.0 cm³/mol. The number of terminal acetylenes is 1. The third-order valence-electron chi connectivity index (χ3n) is 2.54. The van der Waals surface area contributed by atoms with Crippen molar-refractivity contribution in [2.24, 2.45) is 0 Å². The van der Waals surface area contributed by atoms with E-state index < -0.39 is 11.9 Å². The van der Waals surface area contributed by atoms with Gasteiger partial charge in [0.05, 0.1) is 12.3 Å². The summed E-state index contributed by atoms with van der Waals surface area (Å²) in [5, 5.41) is 4.00. The second kappa shape index (κ2) is 5.35. The molecule has 2 aromatic rings. The first-order valence-corrected chi connectivity index (χ1v) is 5.74. The first-order valence-electron chi connectivity index (χ1n) is 5.74. The molecule has 0 aliphatic rings. The number of carbonyl (C=O) groups excluding carboxylic acids is 1. The lowest BCUT2D eigenvalue weighted by molar-refractivity contribution is -0.145. The van der Waals surface area contributed by atoms with Crippen LogP contribution in [0, 0.1) is 12.3 Å². The Balaban J connectivity index is 2.50. The highest BCUT2D eigenvalue weighted by atomic mass is 16.5. The molecule has 0 aliphatic heterocycles. The van der Waals surface area contributed by atoms with Crippen molar-refractivity contribution >= 4 is 17.7 Å². The van der Waals surface area contributed by atoms with E-state index in [1.165, 1.54) is 10.7 Å². The second-order valence-electron chi connectivity index (χ2n) is 3.76. The molecular weight excluding hydrogens is 246 g/mol. The molecule has 0 bridgehead atoms. The molecule has 2 heterocycles. The summed E-state index contributed by atoms with van der Waals surface area (Å²) in [7, 11) is 0. The number of nitrogens with zero attached hydrogens (tertiary/aromatic N) is 4. The van der Waals surface area contributed by atoms with Crippen molar-refractivity contribution in [1.29, 1.82) is 0 Å². The Bertz CT molecular complexity index is 643. The summed E-state index contributed by atoms with van der Waals surface area (Å²) in [6.07, 6.45) is 7.04. The lowest BCUT2D eigenvalue weighted by Crippen LogP contribution is -2.19. The van der Waals surface area contributed by atoms with Crippen molar-refractivity contribution in [2.45, 2.75) is 19.3 Å². The van der Waals surface area contributed by atoms with Crippen LogP contribution in [0.3, 0.4) is 0 Å². The van der Waals surface area contributed by atoms with Gasteiger partial charge in [0.1, 0.15) is 5.92 Å². The Morgan fingerprint density at radius 2 is 2.47 bits per heavy atom. The topological polar surface area (TPSA) is 95.4 Å². The van der Waals surface area contributed by atoms with Crippen LogP contribution < -0.4 is 5.73 Å². The maximum atomic E-state index is 12.0. The zero-order valence-electron chi connectivity index (χ0n) is 10.4. The van der Waals surface area contributed by atoms with Gasteiger partial charge in [-0.05, 0) is 13.0 Å². The summed E-state index contributed by atoms with van der Waals surface area (Å²) >= 11 is 0. The minimum atomic E-state index is -0.614. The molecule has 7 nitrogen and oxygen atoms in total. The summed E-state index contributed by atoms with van der Waals surface area (Å²) in [6.45, 7) is 2.02. The van der Waals surface area contributed by atoms with Crippen molar-refractivity contribution in [2.75, 3.05) is 12.3 Å². The fraction of sp³-hybridized carbons (Fsp3) is 0.333. The van der Waals surface area contributed by atoms with E-state index in [1.807, 2.05) is 0 Å². The number of hydrogen-bond donors (Lipinski definition) is 1. The monoisotopic (exact) mass is 259 g/mol. The highest BCUT2D eigenvalue weighted by molar-refractivity contribution is 5.78. The quantitative estimate of drug-likeness (QED) is 0.629. The first kappa shape index (κ1) is 12.8. The molecule has 0 aromatic carbocycles. The minimum absolute atomic E-state index is 0.0864. The molecule has 0 aliphatic carbocycles. The van der Waals surface area contributed by atoms with E-state index in [1.54, 1.807) is 13.0 Å². The van der Waals surface area contributed by atoms with E-state index in [0.717, 1.165) is 0 Å². The molecule has 1 atom stereocenters. The van der Waals surface area contributed by atoms with Crippen LogP contribution in [0.25, 0.3) is 5.78 Å². The molecule has 0 saturated heterocycles. The third kappa shape index (κ3) is 2.47. The van der Waals surface area contributed by atoms with E-state index in [2.05, 4.69) is 21.0 Å². The lowest BCUT2D eigenvalue weighted by atomic mass is 10.0. The molecule has 7 heteroatoms. The average molecular weight is 259 g/mol. The van der Waals surface area contributed by atoms with Gasteiger partial charge in [0, 0.05) is 12.6 Å². The number of esters is 1. The number of nitrogen functional groups attached to an aromatic ring is 1. The third-order valence-corrected chi connectivity index (χ3v) is 2.54. The molecule has 0 fully saturated rings. The van der Waals surface area contributed by atoms with Gasteiger partial charge in [0.25, 0.3) is 5.78 Å². The number of hydrogen-bond acceptors (Lipinski definition) is 6. The zero-order valence-corrected chi connectivity index (χ0v) is 10.4. The van der Waals surface area contributed by atoms with E-state index in [4.69, 9.17) is 16.9 Å². The fourth-order valence-electron chi connectivity index (χ4n) is 1.76. The van der Waals surface area contributed by atoms with Crippen molar-refractivity contribution in [1.82, 2.24) is 19.6 Å².